The van der Waals surface area contributed by atoms with E-state index in [1.54, 1.807) is 17.2 Å². The van der Waals surface area contributed by atoms with Crippen LogP contribution in [-0.4, -0.2) is 82.8 Å². The molecule has 1 fully saturated rings. The van der Waals surface area contributed by atoms with Crippen molar-refractivity contribution < 1.29 is 23.4 Å². The number of ether oxygens (including phenoxy) is 3. The molecule has 0 saturated carbocycles. The molecule has 1 amide bonds. The van der Waals surface area contributed by atoms with E-state index in [0.29, 0.717) is 62.6 Å². The Morgan fingerprint density at radius 1 is 1.25 bits per heavy atom. The van der Waals surface area contributed by atoms with E-state index in [0.717, 1.165) is 5.69 Å². The van der Waals surface area contributed by atoms with Gasteiger partial charge in [0.1, 0.15) is 23.5 Å². The molecule has 10 nitrogen and oxygen atoms in total. The summed E-state index contributed by atoms with van der Waals surface area (Å²) < 4.78 is 33.4. The lowest BCUT2D eigenvalue weighted by Crippen LogP contribution is -2.42. The van der Waals surface area contributed by atoms with Crippen LogP contribution < -0.4 is 9.64 Å². The summed E-state index contributed by atoms with van der Waals surface area (Å²) in [5, 5.41) is 4.96. The van der Waals surface area contributed by atoms with Crippen LogP contribution in [-0.2, 0) is 9.47 Å². The topological polar surface area (TPSA) is 94.8 Å². The standard InChI is InChI=1S/C25H33FN6O4/c1-5-34-13-12-30(4)18-6-7-22(21(26)14-18)32-23-20(15-29-32)24(28-16-27-23)36-19-8-10-31(11-9-19)25(33)35-17(2)3/h6-7,14-17,19H,5,8-13H2,1-4H3. The smallest absolute Gasteiger partial charge is 0.410 e. The number of aromatic nitrogens is 4. The lowest BCUT2D eigenvalue weighted by molar-refractivity contribution is 0.0511. The molecule has 0 radical (unpaired) electrons. The molecule has 0 N–H and O–H groups in total. The van der Waals surface area contributed by atoms with Gasteiger partial charge >= 0.3 is 6.09 Å². The number of anilines is 1. The molecule has 0 aliphatic carbocycles. The molecule has 1 aromatic carbocycles. The van der Waals surface area contributed by atoms with Crippen molar-refractivity contribution in [2.75, 3.05) is 44.8 Å². The zero-order valence-corrected chi connectivity index (χ0v) is 21.2. The summed E-state index contributed by atoms with van der Waals surface area (Å²) >= 11 is 0. The number of halogens is 1. The van der Waals surface area contributed by atoms with Gasteiger partial charge in [0, 0.05) is 51.8 Å². The first-order chi connectivity index (χ1) is 17.4. The highest BCUT2D eigenvalue weighted by Crippen LogP contribution is 2.28. The Labute approximate surface area is 210 Å². The second-order valence-electron chi connectivity index (χ2n) is 8.96. The van der Waals surface area contributed by atoms with Crippen LogP contribution in [0.1, 0.15) is 33.6 Å². The van der Waals surface area contributed by atoms with E-state index in [1.807, 2.05) is 38.8 Å². The fraction of sp³-hybridized carbons (Fsp3) is 0.520. The average molecular weight is 501 g/mol. The summed E-state index contributed by atoms with van der Waals surface area (Å²) in [7, 11) is 1.89. The molecule has 0 atom stereocenters. The van der Waals surface area contributed by atoms with Gasteiger partial charge < -0.3 is 24.0 Å². The lowest BCUT2D eigenvalue weighted by atomic mass is 10.1. The zero-order valence-electron chi connectivity index (χ0n) is 21.2. The monoisotopic (exact) mass is 500 g/mol. The third kappa shape index (κ3) is 5.84. The Kier molecular flexibility index (Phi) is 8.19. The number of hydrogen-bond acceptors (Lipinski definition) is 8. The van der Waals surface area contributed by atoms with E-state index in [9.17, 15) is 4.79 Å². The minimum atomic E-state index is -0.414. The van der Waals surface area contributed by atoms with E-state index < -0.39 is 5.82 Å². The number of likely N-dealkylation sites (N-methyl/N-ethyl adjacent to an activating group) is 1. The molecule has 11 heteroatoms. The van der Waals surface area contributed by atoms with Crippen LogP contribution in [0.25, 0.3) is 16.7 Å². The van der Waals surface area contributed by atoms with E-state index in [-0.39, 0.29) is 24.0 Å². The van der Waals surface area contributed by atoms with E-state index in [4.69, 9.17) is 14.2 Å². The van der Waals surface area contributed by atoms with Gasteiger partial charge in [-0.25, -0.2) is 23.8 Å². The molecule has 0 spiro atoms. The third-order valence-electron chi connectivity index (χ3n) is 6.02. The molecule has 36 heavy (non-hydrogen) atoms. The van der Waals surface area contributed by atoms with Crippen LogP contribution in [0.5, 0.6) is 5.88 Å². The van der Waals surface area contributed by atoms with E-state index in [2.05, 4.69) is 15.1 Å². The van der Waals surface area contributed by atoms with Crippen molar-refractivity contribution in [1.29, 1.82) is 0 Å². The number of carbonyl (C=O) groups is 1. The molecule has 3 heterocycles. The molecular weight excluding hydrogens is 467 g/mol. The molecule has 2 aromatic heterocycles. The second-order valence-corrected chi connectivity index (χ2v) is 8.96. The second kappa shape index (κ2) is 11.5. The summed E-state index contributed by atoms with van der Waals surface area (Å²) in [5.41, 5.74) is 1.48. The van der Waals surface area contributed by atoms with Crippen molar-refractivity contribution in [3.05, 3.63) is 36.5 Å². The highest BCUT2D eigenvalue weighted by atomic mass is 19.1. The fourth-order valence-electron chi connectivity index (χ4n) is 4.06. The SMILES string of the molecule is CCOCCN(C)c1ccc(-n2ncc3c(OC4CCN(C(=O)OC(C)C)CC4)ncnc32)c(F)c1. The number of piperidine rings is 1. The maximum atomic E-state index is 15.1. The number of benzene rings is 1. The Bertz CT molecular complexity index is 1180. The Morgan fingerprint density at radius 3 is 2.72 bits per heavy atom. The molecule has 1 aliphatic rings. The van der Waals surface area contributed by atoms with Gasteiger partial charge in [-0.15, -0.1) is 0 Å². The maximum absolute atomic E-state index is 15.1. The fourth-order valence-corrected chi connectivity index (χ4v) is 4.06. The Hall–Kier alpha value is -3.47. The first-order valence-electron chi connectivity index (χ1n) is 12.3. The van der Waals surface area contributed by atoms with Crippen molar-refractivity contribution in [1.82, 2.24) is 24.6 Å². The van der Waals surface area contributed by atoms with Gasteiger partial charge in [-0.3, -0.25) is 0 Å². The van der Waals surface area contributed by atoms with Crippen LogP contribution in [0, 0.1) is 5.82 Å². The van der Waals surface area contributed by atoms with Crippen molar-refractivity contribution in [2.45, 2.75) is 45.8 Å². The Balaban J connectivity index is 1.46. The molecule has 1 saturated heterocycles. The van der Waals surface area contributed by atoms with Crippen molar-refractivity contribution in [2.24, 2.45) is 0 Å². The summed E-state index contributed by atoms with van der Waals surface area (Å²) in [4.78, 5) is 24.4. The molecule has 0 unspecified atom stereocenters. The highest BCUT2D eigenvalue weighted by molar-refractivity contribution is 5.81. The number of amides is 1. The molecule has 1 aliphatic heterocycles. The summed E-state index contributed by atoms with van der Waals surface area (Å²) in [5.74, 6) is -0.0235. The van der Waals surface area contributed by atoms with E-state index in [1.165, 1.54) is 17.1 Å². The number of rotatable bonds is 9. The Morgan fingerprint density at radius 2 is 2.03 bits per heavy atom. The highest BCUT2D eigenvalue weighted by Gasteiger charge is 2.26. The number of likely N-dealkylation sites (tertiary alicyclic amines) is 1. The predicted octanol–water partition coefficient (Wildman–Crippen LogP) is 3.82. The van der Waals surface area contributed by atoms with Gasteiger partial charge in [-0.1, -0.05) is 0 Å². The molecule has 194 valence electrons. The zero-order chi connectivity index (χ0) is 25.7. The molecule has 4 rings (SSSR count). The largest absolute Gasteiger partial charge is 0.474 e. The first kappa shape index (κ1) is 25.6. The summed E-state index contributed by atoms with van der Waals surface area (Å²) in [6, 6.07) is 5.00. The third-order valence-corrected chi connectivity index (χ3v) is 6.02. The van der Waals surface area contributed by atoms with Crippen molar-refractivity contribution in [3.8, 4) is 11.6 Å². The number of nitrogens with zero attached hydrogens (tertiary/aromatic N) is 6. The van der Waals surface area contributed by atoms with E-state index >= 15 is 4.39 Å². The number of fused-ring (bicyclic) bond motifs is 1. The minimum absolute atomic E-state index is 0.113. The minimum Gasteiger partial charge on any atom is -0.474 e. The van der Waals surface area contributed by atoms with Crippen molar-refractivity contribution >= 4 is 22.8 Å². The number of hydrogen-bond donors (Lipinski definition) is 0. The van der Waals surface area contributed by atoms with Gasteiger partial charge in [-0.05, 0) is 39.0 Å². The average Bonchev–Trinajstić information content (AvgIpc) is 3.29. The van der Waals surface area contributed by atoms with Crippen LogP contribution in [0.15, 0.2) is 30.7 Å². The van der Waals surface area contributed by atoms with Gasteiger partial charge in [0.05, 0.1) is 18.9 Å². The van der Waals surface area contributed by atoms with Crippen molar-refractivity contribution in [3.63, 3.8) is 0 Å². The van der Waals surface area contributed by atoms with Crippen LogP contribution >= 0.6 is 0 Å². The molecule has 3 aromatic rings. The van der Waals surface area contributed by atoms with Crippen LogP contribution in [0.4, 0.5) is 14.9 Å². The summed E-state index contributed by atoms with van der Waals surface area (Å²) in [6.07, 6.45) is 3.71. The maximum Gasteiger partial charge on any atom is 0.410 e. The molecule has 0 bridgehead atoms. The molecular formula is C25H33FN6O4. The van der Waals surface area contributed by atoms with Gasteiger partial charge in [-0.2, -0.15) is 5.10 Å². The quantitative estimate of drug-likeness (QED) is 0.410. The normalized spacial score (nSPS) is 14.4. The lowest BCUT2D eigenvalue weighted by Gasteiger charge is -2.31. The van der Waals surface area contributed by atoms with Gasteiger partial charge in [0.2, 0.25) is 5.88 Å². The van der Waals surface area contributed by atoms with Gasteiger partial charge in [0.25, 0.3) is 0 Å². The first-order valence-corrected chi connectivity index (χ1v) is 12.3. The number of carbonyl (C=O) groups excluding carboxylic acids is 1. The van der Waals surface area contributed by atoms with Crippen LogP contribution in [0.2, 0.25) is 0 Å². The summed E-state index contributed by atoms with van der Waals surface area (Å²) in [6.45, 7) is 8.56. The van der Waals surface area contributed by atoms with Crippen LogP contribution in [0.3, 0.4) is 0 Å². The predicted molar refractivity (Wildman–Crippen MR) is 133 cm³/mol. The van der Waals surface area contributed by atoms with Gasteiger partial charge in [0.15, 0.2) is 11.5 Å².